The molecule has 0 bridgehead atoms. The lowest BCUT2D eigenvalue weighted by Crippen LogP contribution is -2.30. The minimum absolute atomic E-state index is 0.138. The predicted molar refractivity (Wildman–Crippen MR) is 94.7 cm³/mol. The third-order valence-corrected chi connectivity index (χ3v) is 4.44. The fourth-order valence-electron chi connectivity index (χ4n) is 3.23. The fourth-order valence-corrected chi connectivity index (χ4v) is 3.23. The second-order valence-electron chi connectivity index (χ2n) is 6.08. The number of carbonyl (C=O) groups excluding carboxylic acids is 2. The lowest BCUT2D eigenvalue weighted by molar-refractivity contribution is -0.139. The molecule has 25 heavy (non-hydrogen) atoms. The SMILES string of the molecule is CCCN1C(=O)C(=O)/C(=C(\O)c2ccncc2)C1c1ccccc1C. The minimum atomic E-state index is -0.643. The zero-order chi connectivity index (χ0) is 18.0. The van der Waals surface area contributed by atoms with Gasteiger partial charge in [-0.05, 0) is 36.6 Å². The van der Waals surface area contributed by atoms with Crippen molar-refractivity contribution in [1.29, 1.82) is 0 Å². The largest absolute Gasteiger partial charge is 0.507 e. The van der Waals surface area contributed by atoms with Gasteiger partial charge in [-0.25, -0.2) is 0 Å². The first-order chi connectivity index (χ1) is 12.1. The van der Waals surface area contributed by atoms with Crippen LogP contribution < -0.4 is 0 Å². The number of carbonyl (C=O) groups is 2. The monoisotopic (exact) mass is 336 g/mol. The van der Waals surface area contributed by atoms with E-state index >= 15 is 0 Å². The van der Waals surface area contributed by atoms with Crippen LogP contribution in [0.4, 0.5) is 0 Å². The first kappa shape index (κ1) is 16.9. The number of aromatic nitrogens is 1. The highest BCUT2D eigenvalue weighted by Crippen LogP contribution is 2.40. The summed E-state index contributed by atoms with van der Waals surface area (Å²) in [6.07, 6.45) is 3.81. The maximum absolute atomic E-state index is 12.7. The van der Waals surface area contributed by atoms with Crippen LogP contribution in [0.25, 0.3) is 5.76 Å². The maximum Gasteiger partial charge on any atom is 0.295 e. The molecule has 5 heteroatoms. The van der Waals surface area contributed by atoms with Crippen LogP contribution in [0, 0.1) is 6.92 Å². The summed E-state index contributed by atoms with van der Waals surface area (Å²) in [6.45, 7) is 4.35. The van der Waals surface area contributed by atoms with Crippen molar-refractivity contribution in [2.45, 2.75) is 26.3 Å². The topological polar surface area (TPSA) is 70.5 Å². The number of ketones is 1. The van der Waals surface area contributed by atoms with Gasteiger partial charge in [-0.2, -0.15) is 0 Å². The van der Waals surface area contributed by atoms with Crippen LogP contribution in [-0.2, 0) is 9.59 Å². The average Bonchev–Trinajstić information content (AvgIpc) is 2.87. The van der Waals surface area contributed by atoms with Crippen LogP contribution in [0.5, 0.6) is 0 Å². The Hall–Kier alpha value is -2.95. The predicted octanol–water partition coefficient (Wildman–Crippen LogP) is 3.22. The molecule has 0 aliphatic carbocycles. The van der Waals surface area contributed by atoms with Gasteiger partial charge in [-0.15, -0.1) is 0 Å². The Kier molecular flexibility index (Phi) is 4.65. The Morgan fingerprint density at radius 3 is 2.48 bits per heavy atom. The van der Waals surface area contributed by atoms with Crippen LogP contribution >= 0.6 is 0 Å². The van der Waals surface area contributed by atoms with E-state index in [1.807, 2.05) is 38.1 Å². The molecule has 5 nitrogen and oxygen atoms in total. The van der Waals surface area contributed by atoms with Crippen LogP contribution in [0.3, 0.4) is 0 Å². The highest BCUT2D eigenvalue weighted by atomic mass is 16.3. The number of likely N-dealkylation sites (tertiary alicyclic amines) is 1. The van der Waals surface area contributed by atoms with E-state index in [9.17, 15) is 14.7 Å². The van der Waals surface area contributed by atoms with Crippen LogP contribution in [0.1, 0.15) is 36.1 Å². The number of aryl methyl sites for hydroxylation is 1. The van der Waals surface area contributed by atoms with E-state index < -0.39 is 17.7 Å². The number of benzene rings is 1. The van der Waals surface area contributed by atoms with Crippen molar-refractivity contribution in [2.24, 2.45) is 0 Å². The van der Waals surface area contributed by atoms with Crippen molar-refractivity contribution in [3.05, 3.63) is 71.1 Å². The number of amides is 1. The van der Waals surface area contributed by atoms with Crippen molar-refractivity contribution in [1.82, 2.24) is 9.88 Å². The maximum atomic E-state index is 12.7. The van der Waals surface area contributed by atoms with Gasteiger partial charge in [0.2, 0.25) is 0 Å². The van der Waals surface area contributed by atoms with E-state index in [0.717, 1.165) is 17.5 Å². The molecule has 1 fully saturated rings. The molecule has 1 unspecified atom stereocenters. The molecule has 0 spiro atoms. The molecule has 1 aromatic carbocycles. The summed E-state index contributed by atoms with van der Waals surface area (Å²) in [7, 11) is 0. The first-order valence-corrected chi connectivity index (χ1v) is 8.30. The van der Waals surface area contributed by atoms with Gasteiger partial charge >= 0.3 is 0 Å². The highest BCUT2D eigenvalue weighted by molar-refractivity contribution is 6.46. The zero-order valence-electron chi connectivity index (χ0n) is 14.3. The van der Waals surface area contributed by atoms with Crippen LogP contribution in [0.2, 0.25) is 0 Å². The third kappa shape index (κ3) is 2.93. The summed E-state index contributed by atoms with van der Waals surface area (Å²) in [6, 6.07) is 10.3. The summed E-state index contributed by atoms with van der Waals surface area (Å²) in [5, 5.41) is 10.8. The number of pyridine rings is 1. The van der Waals surface area contributed by atoms with E-state index in [-0.39, 0.29) is 11.3 Å². The summed E-state index contributed by atoms with van der Waals surface area (Å²) < 4.78 is 0. The van der Waals surface area contributed by atoms with Gasteiger partial charge < -0.3 is 10.0 Å². The minimum Gasteiger partial charge on any atom is -0.507 e. The van der Waals surface area contributed by atoms with Gasteiger partial charge in [0.05, 0.1) is 11.6 Å². The molecule has 2 heterocycles. The number of hydrogen-bond donors (Lipinski definition) is 1. The number of Topliss-reactive ketones (excluding diaryl/α,β-unsaturated/α-hetero) is 1. The van der Waals surface area contributed by atoms with Gasteiger partial charge in [0, 0.05) is 24.5 Å². The normalized spacial score (nSPS) is 19.4. The molecule has 1 N–H and O–H groups in total. The zero-order valence-corrected chi connectivity index (χ0v) is 14.3. The molecule has 128 valence electrons. The molecule has 1 aliphatic rings. The molecule has 3 rings (SSSR count). The van der Waals surface area contributed by atoms with Crippen molar-refractivity contribution in [3.63, 3.8) is 0 Å². The van der Waals surface area contributed by atoms with Gasteiger partial charge in [0.15, 0.2) is 0 Å². The van der Waals surface area contributed by atoms with E-state index in [4.69, 9.17) is 0 Å². The molecule has 1 saturated heterocycles. The molecular weight excluding hydrogens is 316 g/mol. The Labute approximate surface area is 146 Å². The lowest BCUT2D eigenvalue weighted by Gasteiger charge is -2.26. The Morgan fingerprint density at radius 1 is 1.16 bits per heavy atom. The number of aliphatic hydroxyl groups excluding tert-OH is 1. The van der Waals surface area contributed by atoms with Gasteiger partial charge in [-0.1, -0.05) is 31.2 Å². The van der Waals surface area contributed by atoms with Crippen molar-refractivity contribution in [2.75, 3.05) is 6.54 Å². The Morgan fingerprint density at radius 2 is 1.84 bits per heavy atom. The number of hydrogen-bond acceptors (Lipinski definition) is 4. The van der Waals surface area contributed by atoms with Crippen molar-refractivity contribution >= 4 is 17.4 Å². The number of nitrogens with zero attached hydrogens (tertiary/aromatic N) is 2. The van der Waals surface area contributed by atoms with E-state index in [1.165, 1.54) is 0 Å². The Bertz CT molecular complexity index is 843. The molecule has 0 radical (unpaired) electrons. The van der Waals surface area contributed by atoms with Gasteiger partial charge in [0.1, 0.15) is 5.76 Å². The lowest BCUT2D eigenvalue weighted by atomic mass is 9.93. The molecule has 1 aromatic heterocycles. The molecular formula is C20H20N2O3. The summed E-state index contributed by atoms with van der Waals surface area (Å²) in [4.78, 5) is 30.7. The van der Waals surface area contributed by atoms with Gasteiger partial charge in [-0.3, -0.25) is 14.6 Å². The molecule has 1 atom stereocenters. The standard InChI is InChI=1S/C20H20N2O3/c1-3-12-22-17(15-7-5-4-6-13(15)2)16(19(24)20(22)25)18(23)14-8-10-21-11-9-14/h4-11,17,23H,3,12H2,1-2H3/b18-16-. The molecule has 1 aliphatic heterocycles. The summed E-state index contributed by atoms with van der Waals surface area (Å²) in [5.74, 6) is -1.37. The van der Waals surface area contributed by atoms with Crippen molar-refractivity contribution in [3.8, 4) is 0 Å². The average molecular weight is 336 g/mol. The smallest absolute Gasteiger partial charge is 0.295 e. The Balaban J connectivity index is 2.22. The molecule has 1 amide bonds. The first-order valence-electron chi connectivity index (χ1n) is 8.30. The van der Waals surface area contributed by atoms with E-state index in [0.29, 0.717) is 12.1 Å². The quantitative estimate of drug-likeness (QED) is 0.529. The summed E-state index contributed by atoms with van der Waals surface area (Å²) in [5.41, 5.74) is 2.43. The number of aliphatic hydroxyl groups is 1. The van der Waals surface area contributed by atoms with Crippen LogP contribution in [-0.4, -0.2) is 33.2 Å². The number of rotatable bonds is 4. The molecule has 0 saturated carbocycles. The van der Waals surface area contributed by atoms with E-state index in [1.54, 1.807) is 29.4 Å². The second kappa shape index (κ2) is 6.89. The molecule has 2 aromatic rings. The highest BCUT2D eigenvalue weighted by Gasteiger charge is 2.45. The fraction of sp³-hybridized carbons (Fsp3) is 0.250. The second-order valence-corrected chi connectivity index (χ2v) is 6.08. The van der Waals surface area contributed by atoms with Crippen LogP contribution in [0.15, 0.2) is 54.4 Å². The summed E-state index contributed by atoms with van der Waals surface area (Å²) >= 11 is 0. The third-order valence-electron chi connectivity index (χ3n) is 4.44. The van der Waals surface area contributed by atoms with E-state index in [2.05, 4.69) is 4.98 Å². The van der Waals surface area contributed by atoms with Crippen molar-refractivity contribution < 1.29 is 14.7 Å². The van der Waals surface area contributed by atoms with Gasteiger partial charge in [0.25, 0.3) is 11.7 Å².